The molecule has 0 spiro atoms. The van der Waals surface area contributed by atoms with Crippen molar-refractivity contribution < 1.29 is 9.84 Å². The van der Waals surface area contributed by atoms with Crippen LogP contribution < -0.4 is 0 Å². The average molecular weight is 187 g/mol. The van der Waals surface area contributed by atoms with Crippen LogP contribution in [0.2, 0.25) is 0 Å². The number of unbranched alkanes of at least 4 members (excludes halogenated alkanes) is 1. The Balaban J connectivity index is 2.19. The fraction of sp³-hybridized carbons (Fsp3) is 1.00. The van der Waals surface area contributed by atoms with Gasteiger partial charge < -0.3 is 9.84 Å². The van der Waals surface area contributed by atoms with Crippen molar-refractivity contribution in [3.05, 3.63) is 0 Å². The van der Waals surface area contributed by atoms with Gasteiger partial charge in [0.05, 0.1) is 13.2 Å². The first kappa shape index (κ1) is 11.0. The van der Waals surface area contributed by atoms with E-state index >= 15 is 0 Å². The molecule has 1 rings (SSSR count). The van der Waals surface area contributed by atoms with Gasteiger partial charge in [0.1, 0.15) is 0 Å². The van der Waals surface area contributed by atoms with Gasteiger partial charge in [-0.25, -0.2) is 0 Å². The second kappa shape index (κ2) is 6.35. The van der Waals surface area contributed by atoms with Crippen LogP contribution in [-0.4, -0.2) is 49.0 Å². The molecule has 0 aromatic carbocycles. The lowest BCUT2D eigenvalue weighted by Gasteiger charge is -2.34. The SMILES string of the molecule is CCC1COCCN1CCCCO. The Morgan fingerprint density at radius 3 is 3.00 bits per heavy atom. The summed E-state index contributed by atoms with van der Waals surface area (Å²) in [5.74, 6) is 0. The molecular weight excluding hydrogens is 166 g/mol. The third-order valence-corrected chi connectivity index (χ3v) is 2.67. The van der Waals surface area contributed by atoms with E-state index in [1.165, 1.54) is 6.42 Å². The van der Waals surface area contributed by atoms with E-state index in [0.717, 1.165) is 39.1 Å². The van der Waals surface area contributed by atoms with Gasteiger partial charge >= 0.3 is 0 Å². The summed E-state index contributed by atoms with van der Waals surface area (Å²) >= 11 is 0. The van der Waals surface area contributed by atoms with Crippen molar-refractivity contribution in [1.29, 1.82) is 0 Å². The summed E-state index contributed by atoms with van der Waals surface area (Å²) in [5.41, 5.74) is 0. The third kappa shape index (κ3) is 3.63. The fourth-order valence-electron chi connectivity index (χ4n) is 1.79. The van der Waals surface area contributed by atoms with Crippen molar-refractivity contribution in [2.45, 2.75) is 32.2 Å². The summed E-state index contributed by atoms with van der Waals surface area (Å²) < 4.78 is 5.42. The van der Waals surface area contributed by atoms with E-state index in [9.17, 15) is 0 Å². The van der Waals surface area contributed by atoms with Crippen molar-refractivity contribution in [1.82, 2.24) is 4.90 Å². The van der Waals surface area contributed by atoms with Crippen LogP contribution in [-0.2, 0) is 4.74 Å². The van der Waals surface area contributed by atoms with Crippen LogP contribution in [0.3, 0.4) is 0 Å². The largest absolute Gasteiger partial charge is 0.396 e. The molecule has 3 nitrogen and oxygen atoms in total. The van der Waals surface area contributed by atoms with E-state index in [4.69, 9.17) is 9.84 Å². The monoisotopic (exact) mass is 187 g/mol. The zero-order valence-electron chi connectivity index (χ0n) is 8.54. The number of nitrogens with zero attached hydrogens (tertiary/aromatic N) is 1. The molecule has 1 N–H and O–H groups in total. The van der Waals surface area contributed by atoms with Crippen molar-refractivity contribution in [2.75, 3.05) is 32.9 Å². The van der Waals surface area contributed by atoms with Crippen LogP contribution >= 0.6 is 0 Å². The predicted octanol–water partition coefficient (Wildman–Crippen LogP) is 0.870. The zero-order chi connectivity index (χ0) is 9.52. The quantitative estimate of drug-likeness (QED) is 0.648. The normalized spacial score (nSPS) is 24.9. The van der Waals surface area contributed by atoms with Crippen molar-refractivity contribution in [2.24, 2.45) is 0 Å². The standard InChI is InChI=1S/C10H21NO2/c1-2-10-9-13-8-6-11(10)5-3-4-7-12/h10,12H,2-9H2,1H3. The maximum absolute atomic E-state index is 8.68. The number of hydrogen-bond acceptors (Lipinski definition) is 3. The Labute approximate surface area is 80.7 Å². The first-order valence-electron chi connectivity index (χ1n) is 5.31. The molecule has 0 bridgehead atoms. The van der Waals surface area contributed by atoms with Gasteiger partial charge in [-0.1, -0.05) is 6.92 Å². The minimum absolute atomic E-state index is 0.321. The highest BCUT2D eigenvalue weighted by molar-refractivity contribution is 4.73. The van der Waals surface area contributed by atoms with Crippen LogP contribution in [0.5, 0.6) is 0 Å². The molecule has 78 valence electrons. The van der Waals surface area contributed by atoms with Crippen molar-refractivity contribution in [3.63, 3.8) is 0 Å². The lowest BCUT2D eigenvalue weighted by Crippen LogP contribution is -2.45. The molecule has 0 amide bonds. The summed E-state index contributed by atoms with van der Waals surface area (Å²) in [6.07, 6.45) is 3.19. The molecular formula is C10H21NO2. The lowest BCUT2D eigenvalue weighted by molar-refractivity contribution is -0.00951. The van der Waals surface area contributed by atoms with E-state index in [-0.39, 0.29) is 0 Å². The molecule has 0 aromatic heterocycles. The van der Waals surface area contributed by atoms with Crippen LogP contribution in [0.4, 0.5) is 0 Å². The predicted molar refractivity (Wildman–Crippen MR) is 52.8 cm³/mol. The summed E-state index contributed by atoms with van der Waals surface area (Å²) in [7, 11) is 0. The average Bonchev–Trinajstić information content (AvgIpc) is 2.19. The molecule has 1 heterocycles. The third-order valence-electron chi connectivity index (χ3n) is 2.67. The van der Waals surface area contributed by atoms with Crippen molar-refractivity contribution >= 4 is 0 Å². The van der Waals surface area contributed by atoms with E-state index in [1.54, 1.807) is 0 Å². The maximum Gasteiger partial charge on any atom is 0.0622 e. The zero-order valence-corrected chi connectivity index (χ0v) is 8.54. The topological polar surface area (TPSA) is 32.7 Å². The fourth-order valence-corrected chi connectivity index (χ4v) is 1.79. The van der Waals surface area contributed by atoms with E-state index in [1.807, 2.05) is 0 Å². The molecule has 1 unspecified atom stereocenters. The molecule has 13 heavy (non-hydrogen) atoms. The highest BCUT2D eigenvalue weighted by Gasteiger charge is 2.20. The number of aliphatic hydroxyl groups excluding tert-OH is 1. The van der Waals surface area contributed by atoms with Crippen LogP contribution in [0, 0.1) is 0 Å². The van der Waals surface area contributed by atoms with Gasteiger partial charge in [0.15, 0.2) is 0 Å². The maximum atomic E-state index is 8.68. The van der Waals surface area contributed by atoms with Crippen LogP contribution in [0.25, 0.3) is 0 Å². The summed E-state index contributed by atoms with van der Waals surface area (Å²) in [5, 5.41) is 8.68. The molecule has 1 saturated heterocycles. The minimum atomic E-state index is 0.321. The molecule has 3 heteroatoms. The molecule has 0 saturated carbocycles. The number of aliphatic hydroxyl groups is 1. The first-order valence-corrected chi connectivity index (χ1v) is 5.31. The lowest BCUT2D eigenvalue weighted by atomic mass is 10.1. The number of rotatable bonds is 5. The highest BCUT2D eigenvalue weighted by atomic mass is 16.5. The van der Waals surface area contributed by atoms with E-state index in [0.29, 0.717) is 12.6 Å². The second-order valence-electron chi connectivity index (χ2n) is 3.60. The molecule has 1 aliphatic heterocycles. The summed E-state index contributed by atoms with van der Waals surface area (Å²) in [6, 6.07) is 0.604. The molecule has 0 aliphatic carbocycles. The molecule has 1 aliphatic rings. The summed E-state index contributed by atoms with van der Waals surface area (Å²) in [6.45, 7) is 6.46. The van der Waals surface area contributed by atoms with Crippen molar-refractivity contribution in [3.8, 4) is 0 Å². The molecule has 0 radical (unpaired) electrons. The van der Waals surface area contributed by atoms with Gasteiger partial charge in [-0.2, -0.15) is 0 Å². The number of morpholine rings is 1. The Bertz CT molecular complexity index is 130. The minimum Gasteiger partial charge on any atom is -0.396 e. The van der Waals surface area contributed by atoms with Crippen LogP contribution in [0.15, 0.2) is 0 Å². The molecule has 1 atom stereocenters. The van der Waals surface area contributed by atoms with E-state index < -0.39 is 0 Å². The smallest absolute Gasteiger partial charge is 0.0622 e. The summed E-state index contributed by atoms with van der Waals surface area (Å²) in [4.78, 5) is 2.49. The highest BCUT2D eigenvalue weighted by Crippen LogP contribution is 2.10. The Kier molecular flexibility index (Phi) is 5.35. The Morgan fingerprint density at radius 2 is 2.31 bits per heavy atom. The van der Waals surface area contributed by atoms with Gasteiger partial charge in [0, 0.05) is 19.2 Å². The second-order valence-corrected chi connectivity index (χ2v) is 3.60. The van der Waals surface area contributed by atoms with Gasteiger partial charge in [-0.05, 0) is 25.8 Å². The van der Waals surface area contributed by atoms with Gasteiger partial charge in [-0.3, -0.25) is 4.90 Å². The van der Waals surface area contributed by atoms with Gasteiger partial charge in [0.2, 0.25) is 0 Å². The van der Waals surface area contributed by atoms with E-state index in [2.05, 4.69) is 11.8 Å². The molecule has 0 aromatic rings. The Morgan fingerprint density at radius 1 is 1.46 bits per heavy atom. The number of ether oxygens (including phenoxy) is 1. The molecule has 1 fully saturated rings. The van der Waals surface area contributed by atoms with Crippen LogP contribution in [0.1, 0.15) is 26.2 Å². The van der Waals surface area contributed by atoms with Gasteiger partial charge in [0.25, 0.3) is 0 Å². The van der Waals surface area contributed by atoms with Gasteiger partial charge in [-0.15, -0.1) is 0 Å². The number of hydrogen-bond donors (Lipinski definition) is 1. The first-order chi connectivity index (χ1) is 6.38. The Hall–Kier alpha value is -0.120.